The van der Waals surface area contributed by atoms with Gasteiger partial charge in [0.15, 0.2) is 15.8 Å². The first-order chi connectivity index (χ1) is 9.57. The van der Waals surface area contributed by atoms with Gasteiger partial charge in [0, 0.05) is 39.8 Å². The first-order valence-electron chi connectivity index (χ1n) is 7.01. The Morgan fingerprint density at radius 2 is 1.95 bits per heavy atom. The van der Waals surface area contributed by atoms with Crippen LogP contribution >= 0.6 is 24.0 Å². The van der Waals surface area contributed by atoms with Gasteiger partial charge >= 0.3 is 0 Å². The molecule has 1 aliphatic rings. The molecule has 1 heterocycles. The zero-order chi connectivity index (χ0) is 14.8. The Labute approximate surface area is 144 Å². The van der Waals surface area contributed by atoms with Crippen LogP contribution in [0.25, 0.3) is 0 Å². The Morgan fingerprint density at radius 3 is 2.52 bits per heavy atom. The van der Waals surface area contributed by atoms with E-state index >= 15 is 0 Å². The van der Waals surface area contributed by atoms with E-state index in [-0.39, 0.29) is 35.5 Å². The summed E-state index contributed by atoms with van der Waals surface area (Å²) >= 11 is 0. The second kappa shape index (κ2) is 11.4. The predicted molar refractivity (Wildman–Crippen MR) is 96.4 cm³/mol. The van der Waals surface area contributed by atoms with Crippen LogP contribution in [0.5, 0.6) is 0 Å². The van der Waals surface area contributed by atoms with Crippen molar-refractivity contribution < 1.29 is 13.2 Å². The van der Waals surface area contributed by atoms with E-state index in [1.807, 2.05) is 6.92 Å². The maximum atomic E-state index is 11.3. The first kappa shape index (κ1) is 20.9. The number of halogens is 1. The molecule has 126 valence electrons. The third-order valence-corrected chi connectivity index (χ3v) is 4.68. The van der Waals surface area contributed by atoms with E-state index in [2.05, 4.69) is 20.5 Å². The number of aliphatic imine (C=N–C) groups is 1. The fraction of sp³-hybridized carbons (Fsp3) is 0.917. The van der Waals surface area contributed by atoms with Crippen LogP contribution in [-0.4, -0.2) is 83.8 Å². The second-order valence-corrected chi connectivity index (χ2v) is 6.98. The monoisotopic (exact) mass is 434 g/mol. The summed E-state index contributed by atoms with van der Waals surface area (Å²) in [5.74, 6) is 1.31. The third-order valence-electron chi connectivity index (χ3n) is 3.07. The Hall–Kier alpha value is -0.130. The van der Waals surface area contributed by atoms with Crippen molar-refractivity contribution >= 4 is 39.8 Å². The third kappa shape index (κ3) is 9.48. The molecule has 1 fully saturated rings. The van der Waals surface area contributed by atoms with E-state index in [4.69, 9.17) is 4.74 Å². The zero-order valence-corrected chi connectivity index (χ0v) is 15.9. The summed E-state index contributed by atoms with van der Waals surface area (Å²) in [6.45, 7) is 6.85. The van der Waals surface area contributed by atoms with Gasteiger partial charge in [-0.15, -0.1) is 24.0 Å². The smallest absolute Gasteiger partial charge is 0.191 e. The summed E-state index contributed by atoms with van der Waals surface area (Å²) in [5.41, 5.74) is 0. The highest BCUT2D eigenvalue weighted by Gasteiger charge is 2.20. The fourth-order valence-corrected chi connectivity index (χ4v) is 3.17. The van der Waals surface area contributed by atoms with Crippen molar-refractivity contribution in [2.24, 2.45) is 4.99 Å². The molecule has 0 unspecified atom stereocenters. The predicted octanol–water partition coefficient (Wildman–Crippen LogP) is -0.464. The summed E-state index contributed by atoms with van der Waals surface area (Å²) in [5, 5.41) is 6.33. The standard InChI is InChI=1S/C12H26N4O3S.HI/c1-3-13-12(15-5-9-19-2)14-4-6-16-7-10-20(17,18)11-8-16;/h3-11H2,1-2H3,(H2,13,14,15);1H. The molecule has 2 N–H and O–H groups in total. The molecular formula is C12H27IN4O3S. The van der Waals surface area contributed by atoms with Crippen molar-refractivity contribution in [1.29, 1.82) is 0 Å². The van der Waals surface area contributed by atoms with Gasteiger partial charge in [0.1, 0.15) is 0 Å². The lowest BCUT2D eigenvalue weighted by Crippen LogP contribution is -2.42. The zero-order valence-electron chi connectivity index (χ0n) is 12.8. The SMILES string of the molecule is CCNC(=NCCN1CCS(=O)(=O)CC1)NCCOC.I. The van der Waals surface area contributed by atoms with Crippen LogP contribution in [0.1, 0.15) is 6.92 Å². The summed E-state index contributed by atoms with van der Waals surface area (Å²) in [7, 11) is -1.13. The molecule has 9 heteroatoms. The van der Waals surface area contributed by atoms with Crippen LogP contribution in [0.2, 0.25) is 0 Å². The molecule has 0 radical (unpaired) electrons. The van der Waals surface area contributed by atoms with Gasteiger partial charge in [0.25, 0.3) is 0 Å². The Kier molecular flexibility index (Phi) is 11.4. The van der Waals surface area contributed by atoms with Gasteiger partial charge in [-0.3, -0.25) is 9.89 Å². The molecular weight excluding hydrogens is 407 g/mol. The fourth-order valence-electron chi connectivity index (χ4n) is 1.89. The summed E-state index contributed by atoms with van der Waals surface area (Å²) in [6.07, 6.45) is 0. The van der Waals surface area contributed by atoms with E-state index in [0.717, 1.165) is 19.0 Å². The average molecular weight is 434 g/mol. The lowest BCUT2D eigenvalue weighted by molar-refractivity contribution is 0.203. The number of nitrogens with one attached hydrogen (secondary N) is 2. The molecule has 0 saturated carbocycles. The molecule has 7 nitrogen and oxygen atoms in total. The van der Waals surface area contributed by atoms with E-state index in [1.165, 1.54) is 0 Å². The van der Waals surface area contributed by atoms with Gasteiger partial charge in [-0.2, -0.15) is 0 Å². The van der Waals surface area contributed by atoms with E-state index < -0.39 is 9.84 Å². The highest BCUT2D eigenvalue weighted by molar-refractivity contribution is 14.0. The van der Waals surface area contributed by atoms with E-state index in [1.54, 1.807) is 7.11 Å². The number of guanidine groups is 1. The van der Waals surface area contributed by atoms with E-state index in [9.17, 15) is 8.42 Å². The number of ether oxygens (including phenoxy) is 1. The number of sulfone groups is 1. The molecule has 0 bridgehead atoms. The van der Waals surface area contributed by atoms with Gasteiger partial charge in [-0.25, -0.2) is 8.42 Å². The van der Waals surface area contributed by atoms with Crippen molar-refractivity contribution in [1.82, 2.24) is 15.5 Å². The van der Waals surface area contributed by atoms with Crippen LogP contribution in [0.3, 0.4) is 0 Å². The number of methoxy groups -OCH3 is 1. The normalized spacial score (nSPS) is 18.9. The highest BCUT2D eigenvalue weighted by Crippen LogP contribution is 2.02. The number of rotatable bonds is 7. The quantitative estimate of drug-likeness (QED) is 0.244. The maximum absolute atomic E-state index is 11.3. The molecule has 0 aromatic heterocycles. The molecule has 0 spiro atoms. The first-order valence-corrected chi connectivity index (χ1v) is 8.83. The number of hydrogen-bond donors (Lipinski definition) is 2. The van der Waals surface area contributed by atoms with Crippen LogP contribution < -0.4 is 10.6 Å². The minimum atomic E-state index is -2.80. The molecule has 1 rings (SSSR count). The van der Waals surface area contributed by atoms with Gasteiger partial charge < -0.3 is 15.4 Å². The molecule has 1 aliphatic heterocycles. The second-order valence-electron chi connectivity index (χ2n) is 4.67. The Balaban J connectivity index is 0.00000400. The molecule has 0 aromatic rings. The highest BCUT2D eigenvalue weighted by atomic mass is 127. The maximum Gasteiger partial charge on any atom is 0.191 e. The largest absolute Gasteiger partial charge is 0.383 e. The van der Waals surface area contributed by atoms with Crippen LogP contribution in [0, 0.1) is 0 Å². The molecule has 0 amide bonds. The lowest BCUT2D eigenvalue weighted by atomic mass is 10.4. The van der Waals surface area contributed by atoms with Crippen molar-refractivity contribution in [3.05, 3.63) is 0 Å². The topological polar surface area (TPSA) is 83.0 Å². The molecule has 1 saturated heterocycles. The number of nitrogens with zero attached hydrogens (tertiary/aromatic N) is 2. The van der Waals surface area contributed by atoms with Crippen LogP contribution in [0.4, 0.5) is 0 Å². The molecule has 0 atom stereocenters. The Morgan fingerprint density at radius 1 is 1.29 bits per heavy atom. The van der Waals surface area contributed by atoms with Crippen molar-refractivity contribution in [2.75, 3.05) is 64.5 Å². The van der Waals surface area contributed by atoms with E-state index in [0.29, 0.717) is 32.8 Å². The summed E-state index contributed by atoms with van der Waals surface area (Å²) in [6, 6.07) is 0. The van der Waals surface area contributed by atoms with Gasteiger partial charge in [-0.05, 0) is 6.92 Å². The van der Waals surface area contributed by atoms with Gasteiger partial charge in [0.2, 0.25) is 0 Å². The van der Waals surface area contributed by atoms with Crippen LogP contribution in [0.15, 0.2) is 4.99 Å². The van der Waals surface area contributed by atoms with Crippen molar-refractivity contribution in [2.45, 2.75) is 6.92 Å². The van der Waals surface area contributed by atoms with Gasteiger partial charge in [-0.1, -0.05) is 0 Å². The minimum absolute atomic E-state index is 0. The Bertz CT molecular complexity index is 389. The van der Waals surface area contributed by atoms with Crippen molar-refractivity contribution in [3.63, 3.8) is 0 Å². The molecule has 0 aromatic carbocycles. The average Bonchev–Trinajstić information content (AvgIpc) is 2.41. The van der Waals surface area contributed by atoms with Crippen molar-refractivity contribution in [3.8, 4) is 0 Å². The lowest BCUT2D eigenvalue weighted by Gasteiger charge is -2.25. The number of hydrogen-bond acceptors (Lipinski definition) is 5. The summed E-state index contributed by atoms with van der Waals surface area (Å²) in [4.78, 5) is 6.61. The minimum Gasteiger partial charge on any atom is -0.383 e. The summed E-state index contributed by atoms with van der Waals surface area (Å²) < 4.78 is 27.6. The molecule has 21 heavy (non-hydrogen) atoms. The molecule has 0 aliphatic carbocycles. The van der Waals surface area contributed by atoms with Gasteiger partial charge in [0.05, 0.1) is 24.7 Å². The van der Waals surface area contributed by atoms with Crippen LogP contribution in [-0.2, 0) is 14.6 Å².